The van der Waals surface area contributed by atoms with Gasteiger partial charge < -0.3 is 19.9 Å². The number of pyridine rings is 1. The molecule has 2 aromatic rings. The third-order valence-electron chi connectivity index (χ3n) is 4.82. The maximum absolute atomic E-state index is 12.8. The lowest BCUT2D eigenvalue weighted by Crippen LogP contribution is -2.50. The van der Waals surface area contributed by atoms with E-state index in [1.54, 1.807) is 29.0 Å². The fourth-order valence-electron chi connectivity index (χ4n) is 3.13. The monoisotopic (exact) mass is 382 g/mol. The minimum Gasteiger partial charge on any atom is -0.450 e. The van der Waals surface area contributed by atoms with Crippen LogP contribution in [0, 0.1) is 6.92 Å². The molecular formula is C21H26N4O3. The summed E-state index contributed by atoms with van der Waals surface area (Å²) < 4.78 is 5.01. The summed E-state index contributed by atoms with van der Waals surface area (Å²) >= 11 is 0. The van der Waals surface area contributed by atoms with Gasteiger partial charge in [-0.15, -0.1) is 0 Å². The molecule has 3 rings (SSSR count). The standard InChI is InChI=1S/C21H26N4O3/c1-3-28-21(27)25-12-10-24(11-13-25)20(26)19-14-18(8-9-22-19)23-15-17-7-5-4-6-16(17)2/h4-9,14H,3,10-13,15H2,1-2H3,(H,22,23). The van der Waals surface area contributed by atoms with Gasteiger partial charge in [0.05, 0.1) is 6.61 Å². The summed E-state index contributed by atoms with van der Waals surface area (Å²) in [5.41, 5.74) is 3.69. The maximum Gasteiger partial charge on any atom is 0.409 e. The van der Waals surface area contributed by atoms with Crippen molar-refractivity contribution in [2.24, 2.45) is 0 Å². The molecule has 1 N–H and O–H groups in total. The average Bonchev–Trinajstić information content (AvgIpc) is 2.73. The molecule has 7 heteroatoms. The van der Waals surface area contributed by atoms with Crippen LogP contribution in [0.4, 0.5) is 10.5 Å². The molecule has 1 aliphatic rings. The van der Waals surface area contributed by atoms with Gasteiger partial charge in [0.2, 0.25) is 0 Å². The summed E-state index contributed by atoms with van der Waals surface area (Å²) in [6, 6.07) is 11.8. The van der Waals surface area contributed by atoms with Crippen LogP contribution in [-0.2, 0) is 11.3 Å². The Labute approximate surface area is 165 Å². The summed E-state index contributed by atoms with van der Waals surface area (Å²) in [6.45, 7) is 6.77. The number of amides is 2. The quantitative estimate of drug-likeness (QED) is 0.861. The molecule has 1 fully saturated rings. The number of nitrogens with zero attached hydrogens (tertiary/aromatic N) is 3. The van der Waals surface area contributed by atoms with Gasteiger partial charge >= 0.3 is 6.09 Å². The number of aryl methyl sites for hydroxylation is 1. The van der Waals surface area contributed by atoms with Crippen LogP contribution in [0.5, 0.6) is 0 Å². The van der Waals surface area contributed by atoms with Gasteiger partial charge in [0.15, 0.2) is 0 Å². The van der Waals surface area contributed by atoms with Gasteiger partial charge in [0.25, 0.3) is 5.91 Å². The van der Waals surface area contributed by atoms with E-state index >= 15 is 0 Å². The van der Waals surface area contributed by atoms with Gasteiger partial charge in [0, 0.05) is 44.6 Å². The first kappa shape index (κ1) is 19.7. The van der Waals surface area contributed by atoms with Gasteiger partial charge in [-0.1, -0.05) is 24.3 Å². The molecule has 1 saturated heterocycles. The Kier molecular flexibility index (Phi) is 6.47. The van der Waals surface area contributed by atoms with Crippen molar-refractivity contribution in [2.75, 3.05) is 38.1 Å². The number of carbonyl (C=O) groups excluding carboxylic acids is 2. The molecule has 0 saturated carbocycles. The second-order valence-corrected chi connectivity index (χ2v) is 6.69. The fourth-order valence-corrected chi connectivity index (χ4v) is 3.13. The lowest BCUT2D eigenvalue weighted by molar-refractivity contribution is 0.0566. The van der Waals surface area contributed by atoms with E-state index in [1.165, 1.54) is 11.1 Å². The molecule has 1 aromatic carbocycles. The summed E-state index contributed by atoms with van der Waals surface area (Å²) in [5, 5.41) is 3.36. The number of benzene rings is 1. The molecule has 0 radical (unpaired) electrons. The Balaban J connectivity index is 1.58. The minimum atomic E-state index is -0.324. The van der Waals surface area contributed by atoms with E-state index in [-0.39, 0.29) is 12.0 Å². The zero-order valence-corrected chi connectivity index (χ0v) is 16.4. The minimum absolute atomic E-state index is 0.122. The van der Waals surface area contributed by atoms with Crippen molar-refractivity contribution < 1.29 is 14.3 Å². The summed E-state index contributed by atoms with van der Waals surface area (Å²) in [6.07, 6.45) is 1.32. The maximum atomic E-state index is 12.8. The second kappa shape index (κ2) is 9.21. The van der Waals surface area contributed by atoms with Crippen molar-refractivity contribution in [3.63, 3.8) is 0 Å². The van der Waals surface area contributed by atoms with Crippen LogP contribution in [-0.4, -0.2) is 59.6 Å². The predicted octanol–water partition coefficient (Wildman–Crippen LogP) is 2.92. The van der Waals surface area contributed by atoms with Crippen LogP contribution < -0.4 is 5.32 Å². The number of anilines is 1. The number of carbonyl (C=O) groups is 2. The lowest BCUT2D eigenvalue weighted by Gasteiger charge is -2.33. The Hall–Kier alpha value is -3.09. The largest absolute Gasteiger partial charge is 0.450 e. The van der Waals surface area contributed by atoms with E-state index in [2.05, 4.69) is 29.4 Å². The topological polar surface area (TPSA) is 74.8 Å². The van der Waals surface area contributed by atoms with Crippen LogP contribution in [0.25, 0.3) is 0 Å². The molecule has 2 heterocycles. The highest BCUT2D eigenvalue weighted by molar-refractivity contribution is 5.93. The van der Waals surface area contributed by atoms with Crippen molar-refractivity contribution in [2.45, 2.75) is 20.4 Å². The van der Waals surface area contributed by atoms with E-state index in [0.717, 1.165) is 5.69 Å². The highest BCUT2D eigenvalue weighted by Crippen LogP contribution is 2.15. The van der Waals surface area contributed by atoms with Crippen LogP contribution in [0.2, 0.25) is 0 Å². The Morgan fingerprint density at radius 3 is 2.54 bits per heavy atom. The van der Waals surface area contributed by atoms with Gasteiger partial charge in [0.1, 0.15) is 5.69 Å². The number of rotatable bonds is 5. The Bertz CT molecular complexity index is 832. The third-order valence-corrected chi connectivity index (χ3v) is 4.82. The molecule has 0 aliphatic carbocycles. The molecule has 148 valence electrons. The van der Waals surface area contributed by atoms with E-state index < -0.39 is 0 Å². The van der Waals surface area contributed by atoms with Crippen LogP contribution in [0.3, 0.4) is 0 Å². The Morgan fingerprint density at radius 2 is 1.82 bits per heavy atom. The molecule has 0 atom stereocenters. The molecule has 1 aliphatic heterocycles. The number of hydrogen-bond donors (Lipinski definition) is 1. The van der Waals surface area contributed by atoms with Gasteiger partial charge in [-0.25, -0.2) is 4.79 Å². The molecule has 0 bridgehead atoms. The van der Waals surface area contributed by atoms with Gasteiger partial charge in [-0.05, 0) is 37.1 Å². The van der Waals surface area contributed by atoms with Gasteiger partial charge in [-0.3, -0.25) is 9.78 Å². The first-order valence-corrected chi connectivity index (χ1v) is 9.54. The van der Waals surface area contributed by atoms with Gasteiger partial charge in [-0.2, -0.15) is 0 Å². The molecular weight excluding hydrogens is 356 g/mol. The molecule has 0 unspecified atom stereocenters. The second-order valence-electron chi connectivity index (χ2n) is 6.69. The van der Waals surface area contributed by atoms with Crippen molar-refractivity contribution in [3.8, 4) is 0 Å². The van der Waals surface area contributed by atoms with E-state index in [1.807, 2.05) is 18.2 Å². The molecule has 1 aromatic heterocycles. The van der Waals surface area contributed by atoms with Crippen molar-refractivity contribution in [1.29, 1.82) is 0 Å². The number of ether oxygens (including phenoxy) is 1. The van der Waals surface area contributed by atoms with Crippen LogP contribution in [0.15, 0.2) is 42.6 Å². The first-order valence-electron chi connectivity index (χ1n) is 9.54. The predicted molar refractivity (Wildman–Crippen MR) is 107 cm³/mol. The summed E-state index contributed by atoms with van der Waals surface area (Å²) in [5.74, 6) is -0.122. The molecule has 7 nitrogen and oxygen atoms in total. The van der Waals surface area contributed by atoms with E-state index in [9.17, 15) is 9.59 Å². The number of hydrogen-bond acceptors (Lipinski definition) is 5. The molecule has 28 heavy (non-hydrogen) atoms. The highest BCUT2D eigenvalue weighted by atomic mass is 16.6. The molecule has 0 spiro atoms. The summed E-state index contributed by atoms with van der Waals surface area (Å²) in [7, 11) is 0. The number of piperazine rings is 1. The smallest absolute Gasteiger partial charge is 0.409 e. The van der Waals surface area contributed by atoms with Crippen molar-refractivity contribution in [3.05, 3.63) is 59.4 Å². The average molecular weight is 382 g/mol. The highest BCUT2D eigenvalue weighted by Gasteiger charge is 2.26. The Morgan fingerprint density at radius 1 is 1.11 bits per heavy atom. The first-order chi connectivity index (χ1) is 13.6. The van der Waals surface area contributed by atoms with Crippen molar-refractivity contribution in [1.82, 2.24) is 14.8 Å². The lowest BCUT2D eigenvalue weighted by atomic mass is 10.1. The fraction of sp³-hybridized carbons (Fsp3) is 0.381. The zero-order chi connectivity index (χ0) is 19.9. The van der Waals surface area contributed by atoms with E-state index in [0.29, 0.717) is 45.0 Å². The van der Waals surface area contributed by atoms with Crippen LogP contribution in [0.1, 0.15) is 28.5 Å². The zero-order valence-electron chi connectivity index (χ0n) is 16.4. The third kappa shape index (κ3) is 4.79. The number of aromatic nitrogens is 1. The molecule has 2 amide bonds. The number of nitrogens with one attached hydrogen (secondary N) is 1. The van der Waals surface area contributed by atoms with Crippen LogP contribution >= 0.6 is 0 Å². The SMILES string of the molecule is CCOC(=O)N1CCN(C(=O)c2cc(NCc3ccccc3C)ccn2)CC1. The van der Waals surface area contributed by atoms with E-state index in [4.69, 9.17) is 4.74 Å². The van der Waals surface area contributed by atoms with Crippen molar-refractivity contribution >= 4 is 17.7 Å². The normalized spacial score (nSPS) is 13.9. The summed E-state index contributed by atoms with van der Waals surface area (Å²) in [4.78, 5) is 32.2.